The van der Waals surface area contributed by atoms with Crippen LogP contribution in [0.15, 0.2) is 54.6 Å². The van der Waals surface area contributed by atoms with E-state index in [9.17, 15) is 4.79 Å². The summed E-state index contributed by atoms with van der Waals surface area (Å²) >= 11 is 6.07. The second-order valence-electron chi connectivity index (χ2n) is 7.26. The molecular formula is C22H26ClNO2. The van der Waals surface area contributed by atoms with Crippen molar-refractivity contribution in [1.29, 1.82) is 0 Å². The zero-order valence-electron chi connectivity index (χ0n) is 15.8. The van der Waals surface area contributed by atoms with Crippen LogP contribution in [0.5, 0.6) is 0 Å². The molecule has 3 nitrogen and oxygen atoms in total. The second-order valence-corrected chi connectivity index (χ2v) is 7.66. The molecule has 0 radical (unpaired) electrons. The van der Waals surface area contributed by atoms with Crippen molar-refractivity contribution in [1.82, 2.24) is 5.32 Å². The number of alkyl carbamates (subject to hydrolysis) is 1. The van der Waals surface area contributed by atoms with Crippen LogP contribution in [0.4, 0.5) is 4.79 Å². The molecule has 0 fully saturated rings. The average molecular weight is 372 g/mol. The molecule has 138 valence electrons. The molecule has 2 rings (SSSR count). The molecule has 0 saturated carbocycles. The van der Waals surface area contributed by atoms with Crippen LogP contribution in [0.1, 0.15) is 49.9 Å². The van der Waals surface area contributed by atoms with Gasteiger partial charge in [0.2, 0.25) is 0 Å². The third-order valence-corrected chi connectivity index (χ3v) is 4.18. The predicted molar refractivity (Wildman–Crippen MR) is 108 cm³/mol. The monoisotopic (exact) mass is 371 g/mol. The van der Waals surface area contributed by atoms with Gasteiger partial charge >= 0.3 is 6.09 Å². The van der Waals surface area contributed by atoms with E-state index >= 15 is 0 Å². The Morgan fingerprint density at radius 3 is 2.50 bits per heavy atom. The van der Waals surface area contributed by atoms with Crippen LogP contribution in [-0.2, 0) is 4.74 Å². The van der Waals surface area contributed by atoms with E-state index < -0.39 is 11.7 Å². The highest BCUT2D eigenvalue weighted by molar-refractivity contribution is 6.31. The summed E-state index contributed by atoms with van der Waals surface area (Å²) in [6.07, 6.45) is 4.33. The van der Waals surface area contributed by atoms with E-state index in [1.54, 1.807) is 0 Å². The Labute approximate surface area is 161 Å². The molecule has 0 aliphatic carbocycles. The zero-order chi connectivity index (χ0) is 19.2. The van der Waals surface area contributed by atoms with Crippen LogP contribution in [0.25, 0.3) is 6.08 Å². The Hall–Kier alpha value is -2.26. The van der Waals surface area contributed by atoms with Gasteiger partial charge in [-0.1, -0.05) is 66.2 Å². The van der Waals surface area contributed by atoms with Crippen molar-refractivity contribution in [3.05, 3.63) is 76.3 Å². The number of ether oxygens (including phenoxy) is 1. The van der Waals surface area contributed by atoms with Gasteiger partial charge in [-0.05, 0) is 56.9 Å². The summed E-state index contributed by atoms with van der Waals surface area (Å²) in [5.41, 5.74) is 2.63. The van der Waals surface area contributed by atoms with Crippen LogP contribution in [0.2, 0.25) is 5.02 Å². The minimum atomic E-state index is -0.526. The summed E-state index contributed by atoms with van der Waals surface area (Å²) in [5.74, 6) is 0. The topological polar surface area (TPSA) is 38.3 Å². The number of aryl methyl sites for hydroxylation is 1. The van der Waals surface area contributed by atoms with Gasteiger partial charge < -0.3 is 10.1 Å². The van der Waals surface area contributed by atoms with Crippen LogP contribution in [0, 0.1) is 6.92 Å². The quantitative estimate of drug-likeness (QED) is 0.668. The van der Waals surface area contributed by atoms with Gasteiger partial charge in [0.05, 0.1) is 6.04 Å². The number of rotatable bonds is 5. The van der Waals surface area contributed by atoms with Crippen LogP contribution in [-0.4, -0.2) is 11.7 Å². The molecule has 0 spiro atoms. The van der Waals surface area contributed by atoms with Gasteiger partial charge in [-0.2, -0.15) is 0 Å². The van der Waals surface area contributed by atoms with E-state index in [-0.39, 0.29) is 6.04 Å². The van der Waals surface area contributed by atoms with E-state index in [1.165, 1.54) is 0 Å². The van der Waals surface area contributed by atoms with Gasteiger partial charge in [-0.15, -0.1) is 0 Å². The molecule has 0 aliphatic heterocycles. The van der Waals surface area contributed by atoms with E-state index in [0.29, 0.717) is 6.42 Å². The maximum absolute atomic E-state index is 12.2. The highest BCUT2D eigenvalue weighted by atomic mass is 35.5. The molecule has 0 bridgehead atoms. The van der Waals surface area contributed by atoms with Crippen molar-refractivity contribution in [2.75, 3.05) is 0 Å². The molecule has 1 N–H and O–H groups in total. The third kappa shape index (κ3) is 6.57. The Morgan fingerprint density at radius 1 is 1.19 bits per heavy atom. The van der Waals surface area contributed by atoms with Crippen molar-refractivity contribution in [3.63, 3.8) is 0 Å². The van der Waals surface area contributed by atoms with Crippen molar-refractivity contribution in [3.8, 4) is 0 Å². The summed E-state index contributed by atoms with van der Waals surface area (Å²) in [6, 6.07) is 15.6. The first kappa shape index (κ1) is 20.1. The SMILES string of the molecule is Cc1cc(/C=C/C[C@H](NC(=O)OC(C)(C)C)c2ccccc2)ccc1Cl. The first-order valence-electron chi connectivity index (χ1n) is 8.72. The largest absolute Gasteiger partial charge is 0.444 e. The van der Waals surface area contributed by atoms with Crippen LogP contribution < -0.4 is 5.32 Å². The Balaban J connectivity index is 2.10. The smallest absolute Gasteiger partial charge is 0.408 e. The minimum absolute atomic E-state index is 0.157. The number of hydrogen-bond donors (Lipinski definition) is 1. The fraction of sp³-hybridized carbons (Fsp3) is 0.318. The predicted octanol–water partition coefficient (Wildman–Crippen LogP) is 6.32. The normalized spacial score (nSPS) is 12.8. The maximum atomic E-state index is 12.2. The molecule has 2 aromatic carbocycles. The Morgan fingerprint density at radius 2 is 1.88 bits per heavy atom. The third-order valence-electron chi connectivity index (χ3n) is 3.76. The lowest BCUT2D eigenvalue weighted by atomic mass is 10.0. The molecule has 1 amide bonds. The maximum Gasteiger partial charge on any atom is 0.408 e. The number of nitrogens with one attached hydrogen (secondary N) is 1. The second kappa shape index (κ2) is 8.91. The molecule has 0 aliphatic rings. The molecule has 1 atom stereocenters. The summed E-state index contributed by atoms with van der Waals surface area (Å²) in [5, 5.41) is 3.72. The summed E-state index contributed by atoms with van der Waals surface area (Å²) < 4.78 is 5.39. The first-order valence-corrected chi connectivity index (χ1v) is 9.09. The standard InChI is InChI=1S/C22H26ClNO2/c1-16-15-17(13-14-19(16)23)9-8-12-20(18-10-6-5-7-11-18)24-21(25)26-22(2,3)4/h5-11,13-15,20H,12H2,1-4H3,(H,24,25)/b9-8+/t20-/m0/s1. The lowest BCUT2D eigenvalue weighted by molar-refractivity contribution is 0.0504. The van der Waals surface area contributed by atoms with Crippen molar-refractivity contribution >= 4 is 23.8 Å². The number of carbonyl (C=O) groups is 1. The number of carbonyl (C=O) groups excluding carboxylic acids is 1. The highest BCUT2D eigenvalue weighted by Crippen LogP contribution is 2.21. The number of amides is 1. The van der Waals surface area contributed by atoms with Crippen molar-refractivity contribution in [2.24, 2.45) is 0 Å². The van der Waals surface area contributed by atoms with Gasteiger partial charge in [-0.25, -0.2) is 4.79 Å². The highest BCUT2D eigenvalue weighted by Gasteiger charge is 2.19. The lowest BCUT2D eigenvalue weighted by Crippen LogP contribution is -2.34. The molecular weight excluding hydrogens is 346 g/mol. The molecule has 26 heavy (non-hydrogen) atoms. The van der Waals surface area contributed by atoms with Crippen molar-refractivity contribution in [2.45, 2.75) is 45.8 Å². The zero-order valence-corrected chi connectivity index (χ0v) is 16.5. The van der Waals surface area contributed by atoms with E-state index in [1.807, 2.05) is 82.3 Å². The Bertz CT molecular complexity index is 763. The molecule has 0 unspecified atom stereocenters. The van der Waals surface area contributed by atoms with Gasteiger partial charge in [-0.3, -0.25) is 0 Å². The molecule has 0 heterocycles. The van der Waals surface area contributed by atoms with E-state index in [4.69, 9.17) is 16.3 Å². The molecule has 2 aromatic rings. The van der Waals surface area contributed by atoms with E-state index in [0.717, 1.165) is 21.7 Å². The van der Waals surface area contributed by atoms with Gasteiger partial charge in [0.15, 0.2) is 0 Å². The molecule has 4 heteroatoms. The fourth-order valence-corrected chi connectivity index (χ4v) is 2.64. The van der Waals surface area contributed by atoms with Gasteiger partial charge in [0, 0.05) is 5.02 Å². The minimum Gasteiger partial charge on any atom is -0.444 e. The average Bonchev–Trinajstić information content (AvgIpc) is 2.56. The first-order chi connectivity index (χ1) is 12.2. The van der Waals surface area contributed by atoms with Crippen LogP contribution >= 0.6 is 11.6 Å². The van der Waals surface area contributed by atoms with E-state index in [2.05, 4.69) is 11.4 Å². The number of halogens is 1. The van der Waals surface area contributed by atoms with Crippen molar-refractivity contribution < 1.29 is 9.53 Å². The summed E-state index contributed by atoms with van der Waals surface area (Å²) in [7, 11) is 0. The number of hydrogen-bond acceptors (Lipinski definition) is 2. The summed E-state index contributed by atoms with van der Waals surface area (Å²) in [6.45, 7) is 7.54. The summed E-state index contributed by atoms with van der Waals surface area (Å²) in [4.78, 5) is 12.2. The molecule has 0 aromatic heterocycles. The number of benzene rings is 2. The van der Waals surface area contributed by atoms with Gasteiger partial charge in [0.1, 0.15) is 5.60 Å². The Kier molecular flexibility index (Phi) is 6.87. The molecule has 0 saturated heterocycles. The fourth-order valence-electron chi connectivity index (χ4n) is 2.53. The van der Waals surface area contributed by atoms with Crippen LogP contribution in [0.3, 0.4) is 0 Å². The lowest BCUT2D eigenvalue weighted by Gasteiger charge is -2.23. The van der Waals surface area contributed by atoms with Gasteiger partial charge in [0.25, 0.3) is 0 Å².